The fourth-order valence-corrected chi connectivity index (χ4v) is 2.75. The van der Waals surface area contributed by atoms with Crippen LogP contribution in [0.2, 0.25) is 5.02 Å². The molecule has 0 bridgehead atoms. The lowest BCUT2D eigenvalue weighted by molar-refractivity contribution is -0.136. The number of likely N-dealkylation sites (tertiary alicyclic amines) is 1. The Morgan fingerprint density at radius 3 is 3.00 bits per heavy atom. The lowest BCUT2D eigenvalue weighted by Gasteiger charge is -2.25. The fourth-order valence-electron chi connectivity index (χ4n) is 2.53. The molecular formula is C14H18ClFN2O2. The SMILES string of the molecule is C[C@@]1(NCC(=O)O)CCN(Cc2c(F)cccc2Cl)C1. The molecule has 110 valence electrons. The molecule has 0 saturated carbocycles. The molecule has 0 unspecified atom stereocenters. The average Bonchev–Trinajstić information content (AvgIpc) is 2.74. The molecule has 0 radical (unpaired) electrons. The van der Waals surface area contributed by atoms with E-state index >= 15 is 0 Å². The standard InChI is InChI=1S/C14H18ClFN2O2/c1-14(17-7-13(19)20)5-6-18(9-14)8-10-11(15)3-2-4-12(10)16/h2-4,17H,5-9H2,1H3,(H,19,20)/t14-/m1/s1. The van der Waals surface area contributed by atoms with Crippen molar-refractivity contribution in [1.82, 2.24) is 10.2 Å². The number of hydrogen-bond donors (Lipinski definition) is 2. The number of carboxylic acid groups (broad SMARTS) is 1. The van der Waals surface area contributed by atoms with Crippen LogP contribution in [0.5, 0.6) is 0 Å². The quantitative estimate of drug-likeness (QED) is 0.874. The zero-order valence-electron chi connectivity index (χ0n) is 11.3. The van der Waals surface area contributed by atoms with E-state index in [4.69, 9.17) is 16.7 Å². The highest BCUT2D eigenvalue weighted by Crippen LogP contribution is 2.26. The Morgan fingerprint density at radius 2 is 2.35 bits per heavy atom. The molecule has 1 aromatic rings. The predicted octanol–water partition coefficient (Wildman–Crippen LogP) is 2.12. The van der Waals surface area contributed by atoms with Gasteiger partial charge in [-0.2, -0.15) is 0 Å². The summed E-state index contributed by atoms with van der Waals surface area (Å²) < 4.78 is 13.7. The number of hydrogen-bond acceptors (Lipinski definition) is 3. The first-order valence-electron chi connectivity index (χ1n) is 6.52. The van der Waals surface area contributed by atoms with Crippen LogP contribution in [0.3, 0.4) is 0 Å². The van der Waals surface area contributed by atoms with E-state index < -0.39 is 5.97 Å². The molecule has 4 nitrogen and oxygen atoms in total. The summed E-state index contributed by atoms with van der Waals surface area (Å²) >= 11 is 6.02. The molecule has 1 saturated heterocycles. The monoisotopic (exact) mass is 300 g/mol. The van der Waals surface area contributed by atoms with Crippen LogP contribution in [0.4, 0.5) is 4.39 Å². The molecular weight excluding hydrogens is 283 g/mol. The van der Waals surface area contributed by atoms with Gasteiger partial charge in [-0.25, -0.2) is 4.39 Å². The predicted molar refractivity (Wildman–Crippen MR) is 75.3 cm³/mol. The van der Waals surface area contributed by atoms with Gasteiger partial charge in [-0.05, 0) is 25.5 Å². The molecule has 1 aliphatic rings. The summed E-state index contributed by atoms with van der Waals surface area (Å²) in [6, 6.07) is 4.67. The molecule has 2 N–H and O–H groups in total. The first kappa shape index (κ1) is 15.2. The second kappa shape index (κ2) is 6.08. The second-order valence-electron chi connectivity index (χ2n) is 5.47. The topological polar surface area (TPSA) is 52.6 Å². The van der Waals surface area contributed by atoms with Crippen molar-refractivity contribution in [2.75, 3.05) is 19.6 Å². The highest BCUT2D eigenvalue weighted by Gasteiger charge is 2.34. The third-order valence-corrected chi connectivity index (χ3v) is 4.02. The van der Waals surface area contributed by atoms with Crippen molar-refractivity contribution in [3.05, 3.63) is 34.6 Å². The summed E-state index contributed by atoms with van der Waals surface area (Å²) in [5, 5.41) is 12.2. The van der Waals surface area contributed by atoms with Crippen molar-refractivity contribution in [3.8, 4) is 0 Å². The van der Waals surface area contributed by atoms with Gasteiger partial charge in [-0.1, -0.05) is 17.7 Å². The van der Waals surface area contributed by atoms with Crippen molar-refractivity contribution >= 4 is 17.6 Å². The molecule has 0 aromatic heterocycles. The van der Waals surface area contributed by atoms with E-state index in [1.54, 1.807) is 12.1 Å². The highest BCUT2D eigenvalue weighted by atomic mass is 35.5. The zero-order valence-corrected chi connectivity index (χ0v) is 12.1. The molecule has 6 heteroatoms. The highest BCUT2D eigenvalue weighted by molar-refractivity contribution is 6.31. The smallest absolute Gasteiger partial charge is 0.317 e. The minimum Gasteiger partial charge on any atom is -0.480 e. The molecule has 2 rings (SSSR count). The molecule has 1 fully saturated rings. The molecule has 0 amide bonds. The fraction of sp³-hybridized carbons (Fsp3) is 0.500. The molecule has 1 aliphatic heterocycles. The van der Waals surface area contributed by atoms with E-state index in [-0.39, 0.29) is 17.9 Å². The van der Waals surface area contributed by atoms with Gasteiger partial charge in [0.2, 0.25) is 0 Å². The number of benzene rings is 1. The Hall–Kier alpha value is -1.17. The summed E-state index contributed by atoms with van der Waals surface area (Å²) in [5.74, 6) is -1.17. The molecule has 1 atom stereocenters. The summed E-state index contributed by atoms with van der Waals surface area (Å²) in [5.41, 5.74) is 0.243. The summed E-state index contributed by atoms with van der Waals surface area (Å²) in [4.78, 5) is 12.7. The Kier molecular flexibility index (Phi) is 4.62. The first-order chi connectivity index (χ1) is 9.39. The van der Waals surface area contributed by atoms with Crippen LogP contribution in [0.1, 0.15) is 18.9 Å². The summed E-state index contributed by atoms with van der Waals surface area (Å²) in [7, 11) is 0. The maximum Gasteiger partial charge on any atom is 0.317 e. The van der Waals surface area contributed by atoms with Crippen molar-refractivity contribution in [1.29, 1.82) is 0 Å². The Labute approximate surface area is 122 Å². The average molecular weight is 301 g/mol. The maximum absolute atomic E-state index is 13.7. The normalized spacial score (nSPS) is 23.1. The Balaban J connectivity index is 1.98. The maximum atomic E-state index is 13.7. The van der Waals surface area contributed by atoms with Crippen LogP contribution in [-0.2, 0) is 11.3 Å². The van der Waals surface area contributed by atoms with Crippen molar-refractivity contribution < 1.29 is 14.3 Å². The minimum atomic E-state index is -0.873. The van der Waals surface area contributed by atoms with E-state index in [9.17, 15) is 9.18 Å². The van der Waals surface area contributed by atoms with Crippen LogP contribution >= 0.6 is 11.6 Å². The third kappa shape index (κ3) is 3.69. The van der Waals surface area contributed by atoms with Crippen molar-refractivity contribution in [2.24, 2.45) is 0 Å². The van der Waals surface area contributed by atoms with Crippen molar-refractivity contribution in [2.45, 2.75) is 25.4 Å². The van der Waals surface area contributed by atoms with Crippen LogP contribution in [0.25, 0.3) is 0 Å². The van der Waals surface area contributed by atoms with E-state index in [0.717, 1.165) is 13.0 Å². The second-order valence-corrected chi connectivity index (χ2v) is 5.88. The van der Waals surface area contributed by atoms with Gasteiger partial charge in [0.25, 0.3) is 0 Å². The van der Waals surface area contributed by atoms with Gasteiger partial charge < -0.3 is 10.4 Å². The Morgan fingerprint density at radius 1 is 1.60 bits per heavy atom. The molecule has 1 heterocycles. The third-order valence-electron chi connectivity index (χ3n) is 3.66. The number of nitrogens with one attached hydrogen (secondary N) is 1. The van der Waals surface area contributed by atoms with Gasteiger partial charge in [-0.15, -0.1) is 0 Å². The number of aliphatic carboxylic acids is 1. The number of nitrogens with zero attached hydrogens (tertiary/aromatic N) is 1. The first-order valence-corrected chi connectivity index (χ1v) is 6.89. The summed E-state index contributed by atoms with van der Waals surface area (Å²) in [6.07, 6.45) is 0.826. The van der Waals surface area contributed by atoms with E-state index in [0.29, 0.717) is 23.7 Å². The van der Waals surface area contributed by atoms with Gasteiger partial charge in [0, 0.05) is 35.8 Å². The van der Waals surface area contributed by atoms with Gasteiger partial charge in [0.05, 0.1) is 6.54 Å². The lowest BCUT2D eigenvalue weighted by atomic mass is 10.0. The largest absolute Gasteiger partial charge is 0.480 e. The molecule has 0 aliphatic carbocycles. The summed E-state index contributed by atoms with van der Waals surface area (Å²) in [6.45, 7) is 3.82. The number of carboxylic acids is 1. The van der Waals surface area contributed by atoms with Gasteiger partial charge >= 0.3 is 5.97 Å². The Bertz CT molecular complexity index is 492. The molecule has 0 spiro atoms. The molecule has 20 heavy (non-hydrogen) atoms. The van der Waals surface area contributed by atoms with E-state index in [1.807, 2.05) is 6.92 Å². The van der Waals surface area contributed by atoms with E-state index in [2.05, 4.69) is 10.2 Å². The van der Waals surface area contributed by atoms with Gasteiger partial charge in [0.15, 0.2) is 0 Å². The van der Waals surface area contributed by atoms with Gasteiger partial charge in [0.1, 0.15) is 5.82 Å². The minimum absolute atomic E-state index is 0.0647. The van der Waals surface area contributed by atoms with Crippen LogP contribution in [0.15, 0.2) is 18.2 Å². The zero-order chi connectivity index (χ0) is 14.8. The van der Waals surface area contributed by atoms with E-state index in [1.165, 1.54) is 6.07 Å². The van der Waals surface area contributed by atoms with Crippen molar-refractivity contribution in [3.63, 3.8) is 0 Å². The molecule has 1 aromatic carbocycles. The number of rotatable bonds is 5. The van der Waals surface area contributed by atoms with Crippen LogP contribution in [-0.4, -0.2) is 41.1 Å². The number of carbonyl (C=O) groups is 1. The van der Waals surface area contributed by atoms with Gasteiger partial charge in [-0.3, -0.25) is 9.69 Å². The van der Waals surface area contributed by atoms with Crippen LogP contribution < -0.4 is 5.32 Å². The number of halogens is 2. The lowest BCUT2D eigenvalue weighted by Crippen LogP contribution is -2.46. The van der Waals surface area contributed by atoms with Crippen LogP contribution in [0, 0.1) is 5.82 Å².